The number of halogens is 2. The minimum atomic E-state index is -3.04. The van der Waals surface area contributed by atoms with Gasteiger partial charge in [-0.25, -0.2) is 8.78 Å². The number of aliphatic hydroxyl groups excluding tert-OH is 1. The summed E-state index contributed by atoms with van der Waals surface area (Å²) in [6.45, 7) is 0. The summed E-state index contributed by atoms with van der Waals surface area (Å²) in [6, 6.07) is 0. The number of rotatable bonds is 1. The van der Waals surface area contributed by atoms with Crippen molar-refractivity contribution in [2.75, 3.05) is 0 Å². The summed E-state index contributed by atoms with van der Waals surface area (Å²) in [5.41, 5.74) is 0. The Kier molecular flexibility index (Phi) is 1.97. The highest BCUT2D eigenvalue weighted by molar-refractivity contribution is 4.33. The molecule has 0 spiro atoms. The fraction of sp³-hybridized carbons (Fsp3) is 1.00. The minimum absolute atomic E-state index is 2.48. The second kappa shape index (κ2) is 2.04. The van der Waals surface area contributed by atoms with Crippen molar-refractivity contribution in [3.8, 4) is 0 Å². The van der Waals surface area contributed by atoms with Crippen LogP contribution < -0.4 is 0 Å². The Morgan fingerprint density at radius 2 is 1.33 bits per heavy atom. The van der Waals surface area contributed by atoms with E-state index in [0.29, 0.717) is 0 Å². The third-order valence-electron chi connectivity index (χ3n) is 0.225. The molecule has 0 aliphatic heterocycles. The van der Waals surface area contributed by atoms with Crippen LogP contribution >= 0.6 is 0 Å². The van der Waals surface area contributed by atoms with Gasteiger partial charge in [0.05, 0.1) is 0 Å². The number of aliphatic hydroxyl groups is 2. The normalized spacial score (nSPS) is 11.0. The molecule has 0 aromatic heterocycles. The van der Waals surface area contributed by atoms with Gasteiger partial charge < -0.3 is 10.2 Å². The van der Waals surface area contributed by atoms with Gasteiger partial charge in [0, 0.05) is 0 Å². The van der Waals surface area contributed by atoms with Gasteiger partial charge in [-0.05, 0) is 0 Å². The van der Waals surface area contributed by atoms with Crippen LogP contribution in [-0.2, 0) is 0 Å². The molecule has 6 heavy (non-hydrogen) atoms. The lowest BCUT2D eigenvalue weighted by molar-refractivity contribution is -0.138. The molecule has 0 atom stereocenters. The van der Waals surface area contributed by atoms with Gasteiger partial charge in [-0.15, -0.1) is 0 Å². The Labute approximate surface area is 33.0 Å². The standard InChI is InChI=1S/C2H4F2O2/c3-1(4)2(5)6/h1-2,5-6H. The molecule has 0 amide bonds. The monoisotopic (exact) mass is 98.0 g/mol. The third-order valence-corrected chi connectivity index (χ3v) is 0.225. The zero-order chi connectivity index (χ0) is 5.15. The Bertz CT molecular complexity index is 30.5. The van der Waals surface area contributed by atoms with Crippen molar-refractivity contribution in [1.29, 1.82) is 0 Å². The van der Waals surface area contributed by atoms with E-state index in [0.717, 1.165) is 0 Å². The van der Waals surface area contributed by atoms with Crippen molar-refractivity contribution in [2.24, 2.45) is 0 Å². The molecule has 0 heterocycles. The number of hydrogen-bond acceptors (Lipinski definition) is 2. The van der Waals surface area contributed by atoms with Crippen molar-refractivity contribution >= 4 is 0 Å². The number of hydrogen-bond donors (Lipinski definition) is 2. The van der Waals surface area contributed by atoms with E-state index in [2.05, 4.69) is 0 Å². The first-order valence-corrected chi connectivity index (χ1v) is 1.29. The molecule has 0 aliphatic rings. The molecule has 0 bridgehead atoms. The Morgan fingerprint density at radius 3 is 1.33 bits per heavy atom. The average molecular weight is 98.0 g/mol. The van der Waals surface area contributed by atoms with Gasteiger partial charge in [-0.2, -0.15) is 0 Å². The van der Waals surface area contributed by atoms with Crippen LogP contribution in [0, 0.1) is 0 Å². The highest BCUT2D eigenvalue weighted by Crippen LogP contribution is 1.93. The van der Waals surface area contributed by atoms with Gasteiger partial charge >= 0.3 is 0 Å². The summed E-state index contributed by atoms with van der Waals surface area (Å²) >= 11 is 0. The van der Waals surface area contributed by atoms with Crippen LogP contribution in [-0.4, -0.2) is 22.9 Å². The van der Waals surface area contributed by atoms with Crippen LogP contribution in [0.2, 0.25) is 0 Å². The Hall–Kier alpha value is -0.220. The highest BCUT2D eigenvalue weighted by Gasteiger charge is 2.10. The lowest BCUT2D eigenvalue weighted by Gasteiger charge is -1.95. The van der Waals surface area contributed by atoms with Gasteiger partial charge in [0.25, 0.3) is 6.43 Å². The van der Waals surface area contributed by atoms with E-state index < -0.39 is 12.7 Å². The fourth-order valence-electron chi connectivity index (χ4n) is 0. The third kappa shape index (κ3) is 2.04. The van der Waals surface area contributed by atoms with Crippen LogP contribution in [0.15, 0.2) is 0 Å². The summed E-state index contributed by atoms with van der Waals surface area (Å²) in [6.07, 6.45) is -5.52. The van der Waals surface area contributed by atoms with Crippen molar-refractivity contribution in [1.82, 2.24) is 0 Å². The van der Waals surface area contributed by atoms with Crippen LogP contribution in [0.4, 0.5) is 8.78 Å². The van der Waals surface area contributed by atoms with Gasteiger partial charge in [-0.3, -0.25) is 0 Å². The van der Waals surface area contributed by atoms with E-state index >= 15 is 0 Å². The molecule has 0 saturated carbocycles. The molecule has 38 valence electrons. The lowest BCUT2D eigenvalue weighted by atomic mass is 10.7. The Morgan fingerprint density at radius 1 is 1.17 bits per heavy atom. The smallest absolute Gasteiger partial charge is 0.288 e. The van der Waals surface area contributed by atoms with Crippen molar-refractivity contribution in [2.45, 2.75) is 12.7 Å². The molecule has 0 aromatic rings. The lowest BCUT2D eigenvalue weighted by Crippen LogP contribution is -2.14. The van der Waals surface area contributed by atoms with Gasteiger partial charge in [-0.1, -0.05) is 0 Å². The zero-order valence-corrected chi connectivity index (χ0v) is 2.81. The van der Waals surface area contributed by atoms with E-state index in [4.69, 9.17) is 10.2 Å². The SMILES string of the molecule is OC(O)C(F)F. The van der Waals surface area contributed by atoms with Crippen molar-refractivity contribution in [3.63, 3.8) is 0 Å². The molecule has 0 aliphatic carbocycles. The predicted molar refractivity (Wildman–Crippen MR) is 14.2 cm³/mol. The molecule has 2 nitrogen and oxygen atoms in total. The van der Waals surface area contributed by atoms with Gasteiger partial charge in [0.1, 0.15) is 0 Å². The summed E-state index contributed by atoms with van der Waals surface area (Å²) in [5, 5.41) is 14.9. The Balaban J connectivity index is 2.99. The first-order valence-electron chi connectivity index (χ1n) is 1.29. The molecular weight excluding hydrogens is 94.0 g/mol. The quantitative estimate of drug-likeness (QED) is 0.436. The van der Waals surface area contributed by atoms with Crippen LogP contribution in [0.1, 0.15) is 0 Å². The minimum Gasteiger partial charge on any atom is -0.364 e. The molecular formula is C2H4F2O2. The van der Waals surface area contributed by atoms with E-state index in [1.165, 1.54) is 0 Å². The topological polar surface area (TPSA) is 40.5 Å². The van der Waals surface area contributed by atoms with Gasteiger partial charge in [0.2, 0.25) is 6.29 Å². The second-order valence-electron chi connectivity index (χ2n) is 0.748. The summed E-state index contributed by atoms with van der Waals surface area (Å²) < 4.78 is 21.3. The molecule has 0 saturated heterocycles. The highest BCUT2D eigenvalue weighted by atomic mass is 19.3. The van der Waals surface area contributed by atoms with Crippen molar-refractivity contribution < 1.29 is 19.0 Å². The first-order chi connectivity index (χ1) is 2.64. The number of alkyl halides is 2. The van der Waals surface area contributed by atoms with Crippen molar-refractivity contribution in [3.05, 3.63) is 0 Å². The summed E-state index contributed by atoms with van der Waals surface area (Å²) in [4.78, 5) is 0. The van der Waals surface area contributed by atoms with E-state index in [-0.39, 0.29) is 0 Å². The largest absolute Gasteiger partial charge is 0.364 e. The molecule has 0 rings (SSSR count). The van der Waals surface area contributed by atoms with E-state index in [1.54, 1.807) is 0 Å². The first kappa shape index (κ1) is 5.78. The summed E-state index contributed by atoms with van der Waals surface area (Å²) in [7, 11) is 0. The van der Waals surface area contributed by atoms with E-state index in [9.17, 15) is 8.78 Å². The summed E-state index contributed by atoms with van der Waals surface area (Å²) in [5.74, 6) is 0. The maximum Gasteiger partial charge on any atom is 0.288 e. The zero-order valence-electron chi connectivity index (χ0n) is 2.81. The maximum absolute atomic E-state index is 10.7. The van der Waals surface area contributed by atoms with Crippen LogP contribution in [0.3, 0.4) is 0 Å². The molecule has 4 heteroatoms. The van der Waals surface area contributed by atoms with Crippen LogP contribution in [0.5, 0.6) is 0 Å². The fourth-order valence-corrected chi connectivity index (χ4v) is 0. The molecule has 2 N–H and O–H groups in total. The molecule has 0 fully saturated rings. The predicted octanol–water partition coefficient (Wildman–Crippen LogP) is -0.438. The van der Waals surface area contributed by atoms with Gasteiger partial charge in [0.15, 0.2) is 0 Å². The average Bonchev–Trinajstić information content (AvgIpc) is 1.36. The van der Waals surface area contributed by atoms with Crippen LogP contribution in [0.25, 0.3) is 0 Å². The second-order valence-corrected chi connectivity index (χ2v) is 0.748. The molecule has 0 radical (unpaired) electrons. The maximum atomic E-state index is 10.7. The molecule has 0 aromatic carbocycles. The van der Waals surface area contributed by atoms with E-state index in [1.807, 2.05) is 0 Å². The molecule has 0 unspecified atom stereocenters.